The highest BCUT2D eigenvalue weighted by molar-refractivity contribution is 9.11. The summed E-state index contributed by atoms with van der Waals surface area (Å²) in [5.74, 6) is -2.26. The fourth-order valence-corrected chi connectivity index (χ4v) is 2.06. The van der Waals surface area contributed by atoms with Gasteiger partial charge in [0.05, 0.1) is 9.98 Å². The van der Waals surface area contributed by atoms with Gasteiger partial charge in [-0.1, -0.05) is 16.5 Å². The average molecular weight is 318 g/mol. The highest BCUT2D eigenvalue weighted by Crippen LogP contribution is 2.23. The van der Waals surface area contributed by atoms with Gasteiger partial charge in [-0.05, 0) is 15.9 Å². The molecular formula is C8H4BrN3O4S. The number of aromatic carboxylic acids is 1. The molecule has 0 unspecified atom stereocenters. The minimum atomic E-state index is -1.28. The summed E-state index contributed by atoms with van der Waals surface area (Å²) in [6, 6.07) is 1.04. The molecule has 2 heterocycles. The Balaban J connectivity index is 2.11. The molecule has 0 saturated heterocycles. The van der Waals surface area contributed by atoms with E-state index in [1.807, 2.05) is 0 Å². The molecule has 7 nitrogen and oxygen atoms in total. The van der Waals surface area contributed by atoms with Crippen molar-refractivity contribution in [2.24, 2.45) is 0 Å². The number of carboxylic acid groups (broad SMARTS) is 1. The number of nitrogens with zero attached hydrogens (tertiary/aromatic N) is 2. The third-order valence-electron chi connectivity index (χ3n) is 1.65. The topological polar surface area (TPSA) is 105 Å². The minimum absolute atomic E-state index is 0.117. The number of amides is 1. The van der Waals surface area contributed by atoms with Crippen LogP contribution in [0.15, 0.2) is 20.6 Å². The van der Waals surface area contributed by atoms with Crippen molar-refractivity contribution < 1.29 is 19.2 Å². The summed E-state index contributed by atoms with van der Waals surface area (Å²) in [4.78, 5) is 26.0. The molecule has 0 radical (unpaired) electrons. The van der Waals surface area contributed by atoms with Crippen molar-refractivity contribution in [2.75, 3.05) is 5.32 Å². The average Bonchev–Trinajstić information content (AvgIpc) is 2.86. The molecule has 1 amide bonds. The van der Waals surface area contributed by atoms with Gasteiger partial charge in [-0.2, -0.15) is 0 Å². The molecule has 0 atom stereocenters. The van der Waals surface area contributed by atoms with E-state index in [-0.39, 0.29) is 5.69 Å². The van der Waals surface area contributed by atoms with Crippen molar-refractivity contribution in [1.82, 2.24) is 10.1 Å². The number of thiazole rings is 1. The van der Waals surface area contributed by atoms with Crippen molar-refractivity contribution in [1.29, 1.82) is 0 Å². The third kappa shape index (κ3) is 2.68. The smallest absolute Gasteiger partial charge is 0.374 e. The Hall–Kier alpha value is -1.74. The molecule has 0 aromatic carbocycles. The summed E-state index contributed by atoms with van der Waals surface area (Å²) in [6.45, 7) is 0. The number of aromatic nitrogens is 2. The second-order valence-electron chi connectivity index (χ2n) is 2.81. The van der Waals surface area contributed by atoms with Gasteiger partial charge in [-0.3, -0.25) is 10.1 Å². The molecule has 88 valence electrons. The number of halogens is 1. The first-order valence-electron chi connectivity index (χ1n) is 4.19. The number of hydrogen-bond acceptors (Lipinski definition) is 6. The molecule has 2 N–H and O–H groups in total. The number of nitrogens with one attached hydrogen (secondary N) is 1. The molecular weight excluding hydrogens is 314 g/mol. The summed E-state index contributed by atoms with van der Waals surface area (Å²) in [6.07, 6.45) is 1.53. The Labute approximate surface area is 107 Å². The van der Waals surface area contributed by atoms with Gasteiger partial charge >= 0.3 is 5.97 Å². The zero-order valence-corrected chi connectivity index (χ0v) is 10.4. The highest BCUT2D eigenvalue weighted by Gasteiger charge is 2.17. The standard InChI is InChI=1S/C8H4BrN3O4S/c9-5-2-10-8(17-5)11-6(13)3-1-4(7(14)15)16-12-3/h1-2H,(H,14,15)(H,10,11,13). The Morgan fingerprint density at radius 2 is 2.29 bits per heavy atom. The van der Waals surface area contributed by atoms with Crippen LogP contribution in [0.3, 0.4) is 0 Å². The molecule has 0 aliphatic rings. The Morgan fingerprint density at radius 3 is 2.82 bits per heavy atom. The number of hydrogen-bond donors (Lipinski definition) is 2. The lowest BCUT2D eigenvalue weighted by molar-refractivity contribution is 0.0651. The van der Waals surface area contributed by atoms with Crippen LogP contribution in [0.2, 0.25) is 0 Å². The summed E-state index contributed by atoms with van der Waals surface area (Å²) in [5.41, 5.74) is -0.117. The van der Waals surface area contributed by atoms with Crippen molar-refractivity contribution in [2.45, 2.75) is 0 Å². The van der Waals surface area contributed by atoms with E-state index in [1.54, 1.807) is 0 Å². The first-order valence-corrected chi connectivity index (χ1v) is 5.80. The van der Waals surface area contributed by atoms with Gasteiger partial charge < -0.3 is 9.63 Å². The van der Waals surface area contributed by atoms with Gasteiger partial charge in [0.1, 0.15) is 0 Å². The Morgan fingerprint density at radius 1 is 1.53 bits per heavy atom. The SMILES string of the molecule is O=C(Nc1ncc(Br)s1)c1cc(C(=O)O)on1. The first-order chi connectivity index (χ1) is 8.06. The molecule has 2 rings (SSSR count). The molecule has 0 aliphatic carbocycles. The fraction of sp³-hybridized carbons (Fsp3) is 0. The van der Waals surface area contributed by atoms with Crippen molar-refractivity contribution in [3.05, 3.63) is 27.5 Å². The largest absolute Gasteiger partial charge is 0.475 e. The zero-order valence-electron chi connectivity index (χ0n) is 8.01. The molecule has 9 heteroatoms. The predicted octanol–water partition coefficient (Wildman–Crippen LogP) is 1.84. The van der Waals surface area contributed by atoms with E-state index in [2.05, 4.69) is 35.9 Å². The maximum Gasteiger partial charge on any atom is 0.374 e. The van der Waals surface area contributed by atoms with Crippen LogP contribution >= 0.6 is 27.3 Å². The lowest BCUT2D eigenvalue weighted by atomic mass is 10.3. The summed E-state index contributed by atoms with van der Waals surface area (Å²) in [7, 11) is 0. The predicted molar refractivity (Wildman–Crippen MR) is 61.2 cm³/mol. The van der Waals surface area contributed by atoms with Crippen LogP contribution in [0.4, 0.5) is 5.13 Å². The quantitative estimate of drug-likeness (QED) is 0.894. The van der Waals surface area contributed by atoms with E-state index in [0.29, 0.717) is 5.13 Å². The molecule has 2 aromatic rings. The lowest BCUT2D eigenvalue weighted by Gasteiger charge is -1.95. The van der Waals surface area contributed by atoms with E-state index in [9.17, 15) is 9.59 Å². The maximum atomic E-state index is 11.6. The van der Waals surface area contributed by atoms with E-state index in [4.69, 9.17) is 5.11 Å². The van der Waals surface area contributed by atoms with Crippen LogP contribution in [0.5, 0.6) is 0 Å². The van der Waals surface area contributed by atoms with Crippen LogP contribution in [0, 0.1) is 0 Å². The number of carboxylic acids is 1. The van der Waals surface area contributed by atoms with Gasteiger partial charge in [0.25, 0.3) is 5.91 Å². The molecule has 0 bridgehead atoms. The Kier molecular flexibility index (Phi) is 3.20. The van der Waals surface area contributed by atoms with Crippen molar-refractivity contribution >= 4 is 44.3 Å². The second kappa shape index (κ2) is 4.63. The first kappa shape index (κ1) is 11.7. The van der Waals surface area contributed by atoms with Crippen LogP contribution < -0.4 is 5.32 Å². The number of carbonyl (C=O) groups is 2. The normalized spacial score (nSPS) is 10.2. The molecule has 2 aromatic heterocycles. The van der Waals surface area contributed by atoms with E-state index in [0.717, 1.165) is 9.85 Å². The van der Waals surface area contributed by atoms with E-state index in [1.165, 1.54) is 17.5 Å². The van der Waals surface area contributed by atoms with E-state index < -0.39 is 17.6 Å². The molecule has 0 saturated carbocycles. The molecule has 0 spiro atoms. The minimum Gasteiger partial charge on any atom is -0.475 e. The van der Waals surface area contributed by atoms with E-state index >= 15 is 0 Å². The lowest BCUT2D eigenvalue weighted by Crippen LogP contribution is -2.11. The summed E-state index contributed by atoms with van der Waals surface area (Å²) >= 11 is 4.42. The van der Waals surface area contributed by atoms with Crippen LogP contribution in [0.1, 0.15) is 21.0 Å². The molecule has 0 fully saturated rings. The van der Waals surface area contributed by atoms with Gasteiger partial charge in [-0.25, -0.2) is 9.78 Å². The monoisotopic (exact) mass is 317 g/mol. The van der Waals surface area contributed by atoms with Crippen LogP contribution in [0.25, 0.3) is 0 Å². The number of carbonyl (C=O) groups excluding carboxylic acids is 1. The zero-order chi connectivity index (χ0) is 12.4. The summed E-state index contributed by atoms with van der Waals surface area (Å²) < 4.78 is 5.22. The van der Waals surface area contributed by atoms with Gasteiger partial charge in [0.15, 0.2) is 10.8 Å². The fourth-order valence-electron chi connectivity index (χ4n) is 0.956. The van der Waals surface area contributed by atoms with Gasteiger partial charge in [0.2, 0.25) is 5.76 Å². The van der Waals surface area contributed by atoms with Crippen molar-refractivity contribution in [3.63, 3.8) is 0 Å². The maximum absolute atomic E-state index is 11.6. The van der Waals surface area contributed by atoms with Gasteiger partial charge in [-0.15, -0.1) is 0 Å². The van der Waals surface area contributed by atoms with Crippen LogP contribution in [-0.4, -0.2) is 27.1 Å². The second-order valence-corrected chi connectivity index (χ2v) is 5.22. The number of anilines is 1. The van der Waals surface area contributed by atoms with Crippen LogP contribution in [-0.2, 0) is 0 Å². The highest BCUT2D eigenvalue weighted by atomic mass is 79.9. The van der Waals surface area contributed by atoms with Gasteiger partial charge in [0, 0.05) is 6.07 Å². The summed E-state index contributed by atoms with van der Waals surface area (Å²) in [5, 5.41) is 14.8. The third-order valence-corrected chi connectivity index (χ3v) is 3.04. The van der Waals surface area contributed by atoms with Crippen molar-refractivity contribution in [3.8, 4) is 0 Å². The molecule has 17 heavy (non-hydrogen) atoms. The number of rotatable bonds is 3. The molecule has 0 aliphatic heterocycles. The Bertz CT molecular complexity index is 579.